The molecule has 3 N–H and O–H groups in total. The average Bonchev–Trinajstić information content (AvgIpc) is 3.05. The zero-order chi connectivity index (χ0) is 13.4. The highest BCUT2D eigenvalue weighted by Crippen LogP contribution is 2.35. The molecule has 2 saturated heterocycles. The molecule has 3 rings (SSSR count). The summed E-state index contributed by atoms with van der Waals surface area (Å²) < 4.78 is 0. The van der Waals surface area contributed by atoms with Gasteiger partial charge in [-0.1, -0.05) is 6.42 Å². The number of likely N-dealkylation sites (tertiary alicyclic amines) is 1. The Labute approximate surface area is 113 Å². The first-order valence-electron chi connectivity index (χ1n) is 7.50. The van der Waals surface area contributed by atoms with E-state index in [0.717, 1.165) is 38.6 Å². The maximum Gasteiger partial charge on any atom is 0.226 e. The van der Waals surface area contributed by atoms with Crippen molar-refractivity contribution in [3.63, 3.8) is 0 Å². The van der Waals surface area contributed by atoms with Gasteiger partial charge in [0, 0.05) is 19.0 Å². The Balaban J connectivity index is 1.74. The van der Waals surface area contributed by atoms with E-state index in [2.05, 4.69) is 5.32 Å². The highest BCUT2D eigenvalue weighted by atomic mass is 16.2. The van der Waals surface area contributed by atoms with Crippen molar-refractivity contribution in [2.24, 2.45) is 23.5 Å². The van der Waals surface area contributed by atoms with Crippen LogP contribution in [0, 0.1) is 17.8 Å². The highest BCUT2D eigenvalue weighted by molar-refractivity contribution is 5.85. The summed E-state index contributed by atoms with van der Waals surface area (Å²) in [6, 6.07) is 0.0905. The Morgan fingerprint density at radius 3 is 2.95 bits per heavy atom. The van der Waals surface area contributed by atoms with E-state index in [1.165, 1.54) is 0 Å². The van der Waals surface area contributed by atoms with Crippen molar-refractivity contribution < 1.29 is 9.59 Å². The van der Waals surface area contributed by atoms with Gasteiger partial charge >= 0.3 is 0 Å². The zero-order valence-corrected chi connectivity index (χ0v) is 11.3. The largest absolute Gasteiger partial charge is 0.354 e. The number of nitrogens with zero attached hydrogens (tertiary/aromatic N) is 1. The lowest BCUT2D eigenvalue weighted by atomic mass is 9.88. The molecule has 2 heterocycles. The van der Waals surface area contributed by atoms with Crippen LogP contribution >= 0.6 is 0 Å². The van der Waals surface area contributed by atoms with E-state index in [1.807, 2.05) is 4.90 Å². The van der Waals surface area contributed by atoms with Gasteiger partial charge in [-0.05, 0) is 38.1 Å². The molecule has 0 spiro atoms. The monoisotopic (exact) mass is 265 g/mol. The number of nitrogens with two attached hydrogens (primary N) is 1. The Morgan fingerprint density at radius 2 is 2.16 bits per heavy atom. The second-order valence-electron chi connectivity index (χ2n) is 6.13. The van der Waals surface area contributed by atoms with E-state index >= 15 is 0 Å². The Kier molecular flexibility index (Phi) is 3.48. The number of nitrogens with one attached hydrogen (secondary N) is 1. The Hall–Kier alpha value is -1.10. The molecule has 19 heavy (non-hydrogen) atoms. The van der Waals surface area contributed by atoms with Crippen molar-refractivity contribution in [2.75, 3.05) is 19.6 Å². The first-order chi connectivity index (χ1) is 9.22. The molecule has 1 aliphatic carbocycles. The smallest absolute Gasteiger partial charge is 0.226 e. The van der Waals surface area contributed by atoms with Gasteiger partial charge in [-0.25, -0.2) is 0 Å². The number of carbonyl (C=O) groups excluding carboxylic acids is 2. The summed E-state index contributed by atoms with van der Waals surface area (Å²) in [4.78, 5) is 26.5. The summed E-state index contributed by atoms with van der Waals surface area (Å²) >= 11 is 0. The third kappa shape index (κ3) is 2.14. The highest BCUT2D eigenvalue weighted by Gasteiger charge is 2.45. The van der Waals surface area contributed by atoms with Crippen molar-refractivity contribution in [2.45, 2.75) is 38.1 Å². The first-order valence-corrected chi connectivity index (χ1v) is 7.50. The molecule has 0 aromatic carbocycles. The van der Waals surface area contributed by atoms with Crippen LogP contribution in [0.3, 0.4) is 0 Å². The van der Waals surface area contributed by atoms with Crippen LogP contribution in [-0.2, 0) is 9.59 Å². The van der Waals surface area contributed by atoms with E-state index in [0.29, 0.717) is 19.0 Å². The fourth-order valence-electron chi connectivity index (χ4n) is 4.08. The van der Waals surface area contributed by atoms with Gasteiger partial charge in [-0.3, -0.25) is 9.59 Å². The molecule has 0 radical (unpaired) electrons. The molecule has 4 unspecified atom stereocenters. The van der Waals surface area contributed by atoms with Crippen molar-refractivity contribution in [3.8, 4) is 0 Å². The van der Waals surface area contributed by atoms with Gasteiger partial charge in [0.1, 0.15) is 0 Å². The summed E-state index contributed by atoms with van der Waals surface area (Å²) in [7, 11) is 0. The summed E-state index contributed by atoms with van der Waals surface area (Å²) in [5.74, 6) is 0.844. The molecule has 0 aromatic rings. The van der Waals surface area contributed by atoms with E-state index < -0.39 is 0 Å². The van der Waals surface area contributed by atoms with Crippen LogP contribution in [0.25, 0.3) is 0 Å². The Morgan fingerprint density at radius 1 is 1.32 bits per heavy atom. The minimum atomic E-state index is 0.0235. The predicted molar refractivity (Wildman–Crippen MR) is 71.1 cm³/mol. The van der Waals surface area contributed by atoms with Crippen LogP contribution in [0.15, 0.2) is 0 Å². The molecule has 0 bridgehead atoms. The standard InChI is InChI=1S/C14H23N3O2/c15-7-9-3-1-4-10(9)14(19)17-6-2-5-11-12(17)8-16-13(11)18/h9-12H,1-8,15H2,(H,16,18). The number of carbonyl (C=O) groups is 2. The first kappa shape index (κ1) is 12.9. The van der Waals surface area contributed by atoms with E-state index in [-0.39, 0.29) is 29.7 Å². The van der Waals surface area contributed by atoms with Gasteiger partial charge in [0.05, 0.1) is 12.0 Å². The van der Waals surface area contributed by atoms with E-state index in [1.54, 1.807) is 0 Å². The third-order valence-corrected chi connectivity index (χ3v) is 5.16. The molecule has 3 aliphatic rings. The third-order valence-electron chi connectivity index (χ3n) is 5.16. The van der Waals surface area contributed by atoms with Crippen molar-refractivity contribution in [1.82, 2.24) is 10.2 Å². The fourth-order valence-corrected chi connectivity index (χ4v) is 4.08. The van der Waals surface area contributed by atoms with Crippen LogP contribution in [0.4, 0.5) is 0 Å². The number of hydrogen-bond donors (Lipinski definition) is 2. The molecule has 3 fully saturated rings. The van der Waals surface area contributed by atoms with Gasteiger partial charge in [0.2, 0.25) is 11.8 Å². The molecular formula is C14H23N3O2. The number of fused-ring (bicyclic) bond motifs is 1. The molecule has 2 aliphatic heterocycles. The van der Waals surface area contributed by atoms with Crippen LogP contribution < -0.4 is 11.1 Å². The summed E-state index contributed by atoms with van der Waals surface area (Å²) in [6.45, 7) is 2.05. The summed E-state index contributed by atoms with van der Waals surface area (Å²) in [5, 5.41) is 2.90. The molecule has 4 atom stereocenters. The van der Waals surface area contributed by atoms with E-state index in [4.69, 9.17) is 5.73 Å². The molecular weight excluding hydrogens is 242 g/mol. The lowest BCUT2D eigenvalue weighted by Crippen LogP contribution is -2.51. The number of rotatable bonds is 2. The molecule has 5 heteroatoms. The van der Waals surface area contributed by atoms with Gasteiger partial charge in [-0.15, -0.1) is 0 Å². The van der Waals surface area contributed by atoms with Crippen LogP contribution in [0.1, 0.15) is 32.1 Å². The minimum Gasteiger partial charge on any atom is -0.354 e. The number of amides is 2. The quantitative estimate of drug-likeness (QED) is 0.743. The normalized spacial score (nSPS) is 38.2. The average molecular weight is 265 g/mol. The van der Waals surface area contributed by atoms with Gasteiger partial charge in [-0.2, -0.15) is 0 Å². The summed E-state index contributed by atoms with van der Waals surface area (Å²) in [6.07, 6.45) is 5.02. The van der Waals surface area contributed by atoms with Gasteiger partial charge < -0.3 is 16.0 Å². The second kappa shape index (κ2) is 5.12. The van der Waals surface area contributed by atoms with Crippen LogP contribution in [-0.4, -0.2) is 42.4 Å². The molecule has 2 amide bonds. The second-order valence-corrected chi connectivity index (χ2v) is 6.13. The van der Waals surface area contributed by atoms with Crippen molar-refractivity contribution in [3.05, 3.63) is 0 Å². The van der Waals surface area contributed by atoms with Gasteiger partial charge in [0.15, 0.2) is 0 Å². The Bertz CT molecular complexity index is 385. The number of piperidine rings is 1. The predicted octanol–water partition coefficient (Wildman–Crippen LogP) is 0.0984. The van der Waals surface area contributed by atoms with Crippen molar-refractivity contribution >= 4 is 11.8 Å². The lowest BCUT2D eigenvalue weighted by molar-refractivity contribution is -0.141. The maximum atomic E-state index is 12.8. The molecule has 0 aromatic heterocycles. The van der Waals surface area contributed by atoms with Gasteiger partial charge in [0.25, 0.3) is 0 Å². The molecule has 5 nitrogen and oxygen atoms in total. The van der Waals surface area contributed by atoms with Crippen LogP contribution in [0.2, 0.25) is 0 Å². The van der Waals surface area contributed by atoms with E-state index in [9.17, 15) is 9.59 Å². The minimum absolute atomic E-state index is 0.0235. The number of hydrogen-bond acceptors (Lipinski definition) is 3. The lowest BCUT2D eigenvalue weighted by Gasteiger charge is -2.38. The summed E-state index contributed by atoms with van der Waals surface area (Å²) in [5.41, 5.74) is 5.78. The maximum absolute atomic E-state index is 12.8. The van der Waals surface area contributed by atoms with Crippen molar-refractivity contribution in [1.29, 1.82) is 0 Å². The zero-order valence-electron chi connectivity index (χ0n) is 11.3. The van der Waals surface area contributed by atoms with Crippen LogP contribution in [0.5, 0.6) is 0 Å². The SMILES string of the molecule is NCC1CCCC1C(=O)N1CCCC2C(=O)NCC21. The topological polar surface area (TPSA) is 75.4 Å². The fraction of sp³-hybridized carbons (Fsp3) is 0.857. The molecule has 106 valence electrons. The molecule has 1 saturated carbocycles.